The summed E-state index contributed by atoms with van der Waals surface area (Å²) in [7, 11) is 1.66. The van der Waals surface area contributed by atoms with Crippen LogP contribution in [0.3, 0.4) is 0 Å². The van der Waals surface area contributed by atoms with E-state index in [1.807, 2.05) is 22.8 Å². The molecule has 0 bridgehead atoms. The molecule has 2 aromatic carbocycles. The Hall–Kier alpha value is -3.57. The van der Waals surface area contributed by atoms with Gasteiger partial charge in [-0.25, -0.2) is 14.8 Å². The van der Waals surface area contributed by atoms with E-state index in [2.05, 4.69) is 40.6 Å². The number of rotatable bonds is 6. The maximum absolute atomic E-state index is 10.6. The maximum Gasteiger partial charge on any atom is 0.490 e. The lowest BCUT2D eigenvalue weighted by Crippen LogP contribution is -2.21. The average molecular weight is 565 g/mol. The summed E-state index contributed by atoms with van der Waals surface area (Å²) in [5, 5.41) is 12.0. The van der Waals surface area contributed by atoms with Gasteiger partial charge in [-0.15, -0.1) is 11.3 Å². The van der Waals surface area contributed by atoms with Crippen LogP contribution in [0.4, 0.5) is 24.0 Å². The zero-order chi connectivity index (χ0) is 27.3. The van der Waals surface area contributed by atoms with Gasteiger partial charge < -0.3 is 19.7 Å². The number of carboxylic acids is 1. The number of imidazole rings is 1. The van der Waals surface area contributed by atoms with Crippen molar-refractivity contribution in [3.63, 3.8) is 0 Å². The molecule has 1 atom stereocenters. The highest BCUT2D eigenvalue weighted by molar-refractivity contribution is 7.15. The topological polar surface area (TPSA) is 89.3 Å². The zero-order valence-electron chi connectivity index (χ0n) is 20.2. The van der Waals surface area contributed by atoms with Gasteiger partial charge in [0.2, 0.25) is 0 Å². The highest BCUT2D eigenvalue weighted by atomic mass is 35.5. The quantitative estimate of drug-likeness (QED) is 0.261. The molecule has 2 N–H and O–H groups in total. The molecule has 5 rings (SSSR count). The predicted molar refractivity (Wildman–Crippen MR) is 140 cm³/mol. The fraction of sp³-hybridized carbons (Fsp3) is 0.269. The van der Waals surface area contributed by atoms with Crippen molar-refractivity contribution < 1.29 is 27.8 Å². The summed E-state index contributed by atoms with van der Waals surface area (Å²) < 4.78 is 39.2. The standard InChI is InChI=1S/C24H23ClN4OS.C2HF3O2/c1-30-20-13-18(10-11-19(20)29-14-22(25)26-15-29)27-24-28-23-17(8-5-9-21(23)31-24)12-16-6-3-2-4-7-16;3-2(4,5)1(6)7/h2-4,6-7,10-11,13-15,17H,5,8-9,12H2,1H3,(H,27,28);(H,6,7). The Morgan fingerprint density at radius 3 is 2.63 bits per heavy atom. The first-order valence-corrected chi connectivity index (χ1v) is 12.8. The predicted octanol–water partition coefficient (Wildman–Crippen LogP) is 7.03. The number of thiazole rings is 1. The van der Waals surface area contributed by atoms with Crippen molar-refractivity contribution in [1.29, 1.82) is 0 Å². The number of hydrogen-bond acceptors (Lipinski definition) is 6. The number of anilines is 2. The van der Waals surface area contributed by atoms with Crippen LogP contribution in [0.2, 0.25) is 5.15 Å². The lowest BCUT2D eigenvalue weighted by Gasteiger charge is -2.21. The Bertz CT molecular complexity index is 1390. The van der Waals surface area contributed by atoms with Crippen molar-refractivity contribution in [2.45, 2.75) is 37.8 Å². The van der Waals surface area contributed by atoms with E-state index in [1.165, 1.54) is 29.0 Å². The van der Waals surface area contributed by atoms with Gasteiger partial charge in [0.05, 0.1) is 18.5 Å². The Kier molecular flexibility index (Phi) is 8.58. The van der Waals surface area contributed by atoms with E-state index in [0.29, 0.717) is 11.1 Å². The van der Waals surface area contributed by atoms with Crippen molar-refractivity contribution in [3.8, 4) is 11.4 Å². The second kappa shape index (κ2) is 11.9. The molecule has 38 heavy (non-hydrogen) atoms. The third-order valence-electron chi connectivity index (χ3n) is 5.90. The number of nitrogens with zero attached hydrogens (tertiary/aromatic N) is 3. The third-order valence-corrected chi connectivity index (χ3v) is 7.14. The molecule has 2 aromatic heterocycles. The molecule has 1 aliphatic carbocycles. The SMILES string of the molecule is COc1cc(Nc2nc3c(s2)CCCC3Cc2ccccc2)ccc1-n1cnc(Cl)c1.O=C(O)C(F)(F)F. The van der Waals surface area contributed by atoms with Crippen LogP contribution >= 0.6 is 22.9 Å². The van der Waals surface area contributed by atoms with E-state index < -0.39 is 12.1 Å². The lowest BCUT2D eigenvalue weighted by molar-refractivity contribution is -0.192. The van der Waals surface area contributed by atoms with Crippen molar-refractivity contribution in [1.82, 2.24) is 14.5 Å². The van der Waals surface area contributed by atoms with Crippen molar-refractivity contribution in [2.75, 3.05) is 12.4 Å². The third kappa shape index (κ3) is 6.84. The summed E-state index contributed by atoms with van der Waals surface area (Å²) in [6.07, 6.45) is 2.93. The number of aromatic nitrogens is 3. The first-order valence-electron chi connectivity index (χ1n) is 11.6. The number of aliphatic carboxylic acids is 1. The zero-order valence-corrected chi connectivity index (χ0v) is 21.8. The van der Waals surface area contributed by atoms with Gasteiger partial charge in [0, 0.05) is 28.7 Å². The van der Waals surface area contributed by atoms with Crippen molar-refractivity contribution >= 4 is 39.7 Å². The molecule has 1 aliphatic rings. The number of halogens is 4. The Labute approximate surface area is 225 Å². The Morgan fingerprint density at radius 1 is 1.26 bits per heavy atom. The number of alkyl halides is 3. The highest BCUT2D eigenvalue weighted by Gasteiger charge is 2.38. The summed E-state index contributed by atoms with van der Waals surface area (Å²) in [6.45, 7) is 0. The molecule has 0 fully saturated rings. The average Bonchev–Trinajstić information content (AvgIpc) is 3.50. The summed E-state index contributed by atoms with van der Waals surface area (Å²) in [6, 6.07) is 16.7. The molecule has 0 saturated carbocycles. The highest BCUT2D eigenvalue weighted by Crippen LogP contribution is 2.39. The molecule has 0 spiro atoms. The van der Waals surface area contributed by atoms with E-state index in [4.69, 9.17) is 31.2 Å². The fourth-order valence-electron chi connectivity index (χ4n) is 4.18. The van der Waals surface area contributed by atoms with E-state index in [1.54, 1.807) is 31.0 Å². The second-order valence-corrected chi connectivity index (χ2v) is 10.00. The van der Waals surface area contributed by atoms with E-state index in [9.17, 15) is 13.2 Å². The number of ether oxygens (including phenoxy) is 1. The van der Waals surface area contributed by atoms with Crippen LogP contribution in [0.15, 0.2) is 61.1 Å². The summed E-state index contributed by atoms with van der Waals surface area (Å²) in [4.78, 5) is 19.4. The first-order chi connectivity index (χ1) is 18.1. The summed E-state index contributed by atoms with van der Waals surface area (Å²) >= 11 is 7.73. The molecule has 4 aromatic rings. The molecule has 0 aliphatic heterocycles. The van der Waals surface area contributed by atoms with Gasteiger partial charge in [-0.3, -0.25) is 0 Å². The minimum absolute atomic E-state index is 0.447. The van der Waals surface area contributed by atoms with Gasteiger partial charge in [-0.05, 0) is 43.4 Å². The number of nitrogens with one attached hydrogen (secondary N) is 1. The van der Waals surface area contributed by atoms with Gasteiger partial charge in [0.1, 0.15) is 17.2 Å². The number of carboxylic acid groups (broad SMARTS) is 1. The van der Waals surface area contributed by atoms with Gasteiger partial charge in [0.15, 0.2) is 5.13 Å². The van der Waals surface area contributed by atoms with E-state index in [0.717, 1.165) is 35.1 Å². The largest absolute Gasteiger partial charge is 0.494 e. The molecule has 200 valence electrons. The molecule has 1 unspecified atom stereocenters. The van der Waals surface area contributed by atoms with Gasteiger partial charge in [-0.1, -0.05) is 41.9 Å². The van der Waals surface area contributed by atoms with Crippen molar-refractivity contribution in [3.05, 3.63) is 82.3 Å². The Balaban J connectivity index is 0.000000426. The number of hydrogen-bond donors (Lipinski definition) is 2. The minimum Gasteiger partial charge on any atom is -0.494 e. The minimum atomic E-state index is -5.08. The normalized spacial score (nSPS) is 14.7. The van der Waals surface area contributed by atoms with E-state index >= 15 is 0 Å². The van der Waals surface area contributed by atoms with Crippen LogP contribution in [-0.4, -0.2) is 38.9 Å². The Morgan fingerprint density at radius 2 is 2.00 bits per heavy atom. The van der Waals surface area contributed by atoms with Gasteiger partial charge >= 0.3 is 12.1 Å². The van der Waals surface area contributed by atoms with Gasteiger partial charge in [0.25, 0.3) is 0 Å². The molecular formula is C26H24ClF3N4O3S. The number of benzene rings is 2. The summed E-state index contributed by atoms with van der Waals surface area (Å²) in [5.41, 5.74) is 4.47. The van der Waals surface area contributed by atoms with E-state index in [-0.39, 0.29) is 0 Å². The molecule has 0 amide bonds. The van der Waals surface area contributed by atoms with Crippen LogP contribution in [-0.2, 0) is 17.6 Å². The van der Waals surface area contributed by atoms with Crippen molar-refractivity contribution in [2.24, 2.45) is 0 Å². The fourth-order valence-corrected chi connectivity index (χ4v) is 5.44. The maximum atomic E-state index is 10.6. The second-order valence-electron chi connectivity index (χ2n) is 8.52. The van der Waals surface area contributed by atoms with Crippen LogP contribution < -0.4 is 10.1 Å². The number of carbonyl (C=O) groups is 1. The molecule has 0 radical (unpaired) electrons. The molecule has 0 saturated heterocycles. The number of aryl methyl sites for hydroxylation is 1. The molecular weight excluding hydrogens is 541 g/mol. The van der Waals surface area contributed by atoms with Crippen LogP contribution in [0.1, 0.15) is 34.9 Å². The van der Waals surface area contributed by atoms with Gasteiger partial charge in [-0.2, -0.15) is 13.2 Å². The summed E-state index contributed by atoms with van der Waals surface area (Å²) in [5.74, 6) is -1.53. The van der Waals surface area contributed by atoms with Crippen LogP contribution in [0.5, 0.6) is 5.75 Å². The first kappa shape index (κ1) is 27.5. The number of methoxy groups -OCH3 is 1. The lowest BCUT2D eigenvalue weighted by atomic mass is 9.86. The van der Waals surface area contributed by atoms with Crippen LogP contribution in [0, 0.1) is 0 Å². The monoisotopic (exact) mass is 564 g/mol. The smallest absolute Gasteiger partial charge is 0.490 e. The molecule has 2 heterocycles. The molecule has 12 heteroatoms. The molecule has 7 nitrogen and oxygen atoms in total. The number of fused-ring (bicyclic) bond motifs is 1. The van der Waals surface area contributed by atoms with Crippen LogP contribution in [0.25, 0.3) is 5.69 Å².